The number of nitrogens with one attached hydrogen (secondary N) is 1. The third-order valence-corrected chi connectivity index (χ3v) is 6.71. The predicted molar refractivity (Wildman–Crippen MR) is 123 cm³/mol. The van der Waals surface area contributed by atoms with Crippen LogP contribution in [0.25, 0.3) is 0 Å². The third kappa shape index (κ3) is 5.56. The minimum atomic E-state index is 0.152. The molecule has 0 radical (unpaired) electrons. The number of benzene rings is 1. The van der Waals surface area contributed by atoms with E-state index in [1.54, 1.807) is 7.11 Å². The van der Waals surface area contributed by atoms with Crippen molar-refractivity contribution in [1.29, 1.82) is 0 Å². The number of rotatable bonds is 7. The van der Waals surface area contributed by atoms with Crippen molar-refractivity contribution >= 4 is 11.6 Å². The van der Waals surface area contributed by atoms with E-state index in [2.05, 4.69) is 38.3 Å². The summed E-state index contributed by atoms with van der Waals surface area (Å²) in [7, 11) is 1.69. The van der Waals surface area contributed by atoms with Crippen LogP contribution in [0, 0.1) is 5.92 Å². The highest BCUT2D eigenvalue weighted by molar-refractivity contribution is 5.78. The zero-order valence-corrected chi connectivity index (χ0v) is 18.5. The molecule has 2 fully saturated rings. The predicted octanol–water partition coefficient (Wildman–Crippen LogP) is 3.65. The fraction of sp³-hybridized carbons (Fsp3) is 0.520. The molecule has 2 heterocycles. The lowest BCUT2D eigenvalue weighted by molar-refractivity contribution is -0.126. The maximum Gasteiger partial charge on any atom is 0.223 e. The number of hydrogen-bond donors (Lipinski definition) is 1. The topological polar surface area (TPSA) is 57.7 Å². The third-order valence-electron chi connectivity index (χ3n) is 6.71. The number of anilines is 1. The molecular formula is C25H34N4O2. The Labute approximate surface area is 185 Å². The largest absolute Gasteiger partial charge is 0.497 e. The smallest absolute Gasteiger partial charge is 0.223 e. The molecule has 31 heavy (non-hydrogen) atoms. The summed E-state index contributed by atoms with van der Waals surface area (Å²) in [4.78, 5) is 22.0. The first-order valence-electron chi connectivity index (χ1n) is 11.6. The van der Waals surface area contributed by atoms with Gasteiger partial charge in [-0.15, -0.1) is 0 Å². The quantitative estimate of drug-likeness (QED) is 0.738. The van der Waals surface area contributed by atoms with Crippen LogP contribution < -0.4 is 15.0 Å². The molecule has 6 heteroatoms. The Balaban J connectivity index is 1.38. The lowest BCUT2D eigenvalue weighted by Crippen LogP contribution is -2.50. The molecule has 2 aliphatic rings. The van der Waals surface area contributed by atoms with Crippen molar-refractivity contribution in [2.75, 3.05) is 44.7 Å². The van der Waals surface area contributed by atoms with Gasteiger partial charge in [0.2, 0.25) is 5.91 Å². The highest BCUT2D eigenvalue weighted by Gasteiger charge is 2.27. The Morgan fingerprint density at radius 3 is 2.48 bits per heavy atom. The number of amides is 1. The van der Waals surface area contributed by atoms with Crippen molar-refractivity contribution < 1.29 is 9.53 Å². The summed E-state index contributed by atoms with van der Waals surface area (Å²) < 4.78 is 5.28. The van der Waals surface area contributed by atoms with E-state index < -0.39 is 0 Å². The molecule has 166 valence electrons. The molecule has 0 unspecified atom stereocenters. The number of hydrogen-bond acceptors (Lipinski definition) is 5. The van der Waals surface area contributed by atoms with Gasteiger partial charge in [-0.05, 0) is 48.7 Å². The molecule has 0 bridgehead atoms. The zero-order chi connectivity index (χ0) is 21.5. The average molecular weight is 423 g/mol. The van der Waals surface area contributed by atoms with Gasteiger partial charge in [0.05, 0.1) is 13.2 Å². The van der Waals surface area contributed by atoms with Gasteiger partial charge in [0.15, 0.2) is 0 Å². The number of piperazine rings is 1. The van der Waals surface area contributed by atoms with Crippen LogP contribution in [0.2, 0.25) is 0 Å². The van der Waals surface area contributed by atoms with Crippen molar-refractivity contribution in [3.63, 3.8) is 0 Å². The molecule has 1 N–H and O–H groups in total. The summed E-state index contributed by atoms with van der Waals surface area (Å²) >= 11 is 0. The van der Waals surface area contributed by atoms with Gasteiger partial charge in [0.25, 0.3) is 0 Å². The Kier molecular flexibility index (Phi) is 7.41. The molecule has 1 aliphatic carbocycles. The molecule has 1 aromatic heterocycles. The second-order valence-electron chi connectivity index (χ2n) is 8.60. The highest BCUT2D eigenvalue weighted by atomic mass is 16.5. The van der Waals surface area contributed by atoms with Gasteiger partial charge in [-0.1, -0.05) is 25.3 Å². The normalized spacial score (nSPS) is 19.1. The summed E-state index contributed by atoms with van der Waals surface area (Å²) in [5.74, 6) is 1.30. The van der Waals surface area contributed by atoms with Gasteiger partial charge in [0.1, 0.15) is 5.75 Å². The number of carbonyl (C=O) groups is 1. The molecule has 1 amide bonds. The van der Waals surface area contributed by atoms with Crippen LogP contribution >= 0.6 is 0 Å². The van der Waals surface area contributed by atoms with Crippen molar-refractivity contribution in [1.82, 2.24) is 15.2 Å². The molecule has 1 aromatic carbocycles. The second kappa shape index (κ2) is 10.6. The van der Waals surface area contributed by atoms with Crippen LogP contribution in [-0.2, 0) is 4.79 Å². The first-order valence-corrected chi connectivity index (χ1v) is 11.6. The van der Waals surface area contributed by atoms with Crippen LogP contribution in [-0.4, -0.2) is 55.6 Å². The van der Waals surface area contributed by atoms with Gasteiger partial charge < -0.3 is 15.0 Å². The average Bonchev–Trinajstić information content (AvgIpc) is 2.86. The molecule has 2 aromatic rings. The first kappa shape index (κ1) is 21.6. The molecule has 1 saturated heterocycles. The van der Waals surface area contributed by atoms with Crippen LogP contribution in [0.3, 0.4) is 0 Å². The molecule has 6 nitrogen and oxygen atoms in total. The highest BCUT2D eigenvalue weighted by Crippen LogP contribution is 2.26. The van der Waals surface area contributed by atoms with Crippen LogP contribution in [0.1, 0.15) is 43.7 Å². The van der Waals surface area contributed by atoms with Crippen LogP contribution in [0.4, 0.5) is 5.69 Å². The fourth-order valence-electron chi connectivity index (χ4n) is 4.82. The number of carbonyl (C=O) groups excluding carboxylic acids is 1. The second-order valence-corrected chi connectivity index (χ2v) is 8.60. The standard InChI is InChI=1S/C25H34N4O2/c1-31-23-11-9-22(10-12-23)28-14-16-29(17-15-28)24(21-8-5-13-26-18-21)19-27-25(30)20-6-3-2-4-7-20/h5,8-13,18,20,24H,2-4,6-7,14-17,19H2,1H3,(H,27,30)/t24-/m0/s1. The van der Waals surface area contributed by atoms with E-state index >= 15 is 0 Å². The molecule has 4 rings (SSSR count). The number of nitrogens with zero attached hydrogens (tertiary/aromatic N) is 3. The minimum absolute atomic E-state index is 0.152. The van der Waals surface area contributed by atoms with E-state index in [0.29, 0.717) is 6.54 Å². The monoisotopic (exact) mass is 422 g/mol. The Morgan fingerprint density at radius 2 is 1.84 bits per heavy atom. The van der Waals surface area contributed by atoms with Gasteiger partial charge in [-0.25, -0.2) is 0 Å². The maximum absolute atomic E-state index is 12.7. The molecular weight excluding hydrogens is 388 g/mol. The SMILES string of the molecule is COc1ccc(N2CCN([C@@H](CNC(=O)C3CCCCC3)c3cccnc3)CC2)cc1. The maximum atomic E-state index is 12.7. The van der Waals surface area contributed by atoms with Gasteiger partial charge in [0, 0.05) is 56.7 Å². The lowest BCUT2D eigenvalue weighted by atomic mass is 9.88. The van der Waals surface area contributed by atoms with Crippen molar-refractivity contribution in [2.24, 2.45) is 5.92 Å². The van der Waals surface area contributed by atoms with E-state index in [1.165, 1.54) is 30.5 Å². The Morgan fingerprint density at radius 1 is 1.10 bits per heavy atom. The molecule has 0 spiro atoms. The molecule has 1 atom stereocenters. The Hall–Kier alpha value is -2.60. The minimum Gasteiger partial charge on any atom is -0.497 e. The number of methoxy groups -OCH3 is 1. The Bertz CT molecular complexity index is 813. The van der Waals surface area contributed by atoms with Crippen LogP contribution in [0.5, 0.6) is 5.75 Å². The fourth-order valence-corrected chi connectivity index (χ4v) is 4.82. The van der Waals surface area contributed by atoms with E-state index in [0.717, 1.165) is 44.8 Å². The number of aromatic nitrogens is 1. The lowest BCUT2D eigenvalue weighted by Gasteiger charge is -2.40. The number of pyridine rings is 1. The van der Waals surface area contributed by atoms with Crippen LogP contribution in [0.15, 0.2) is 48.8 Å². The summed E-state index contributed by atoms with van der Waals surface area (Å²) in [5, 5.41) is 3.27. The van der Waals surface area contributed by atoms with E-state index in [4.69, 9.17) is 4.74 Å². The van der Waals surface area contributed by atoms with E-state index in [9.17, 15) is 4.79 Å². The number of ether oxygens (including phenoxy) is 1. The van der Waals surface area contributed by atoms with Gasteiger partial charge >= 0.3 is 0 Å². The van der Waals surface area contributed by atoms with E-state index in [1.807, 2.05) is 30.6 Å². The van der Waals surface area contributed by atoms with Gasteiger partial charge in [-0.3, -0.25) is 14.7 Å². The molecule has 1 aliphatic heterocycles. The van der Waals surface area contributed by atoms with Gasteiger partial charge in [-0.2, -0.15) is 0 Å². The van der Waals surface area contributed by atoms with Crippen molar-refractivity contribution in [3.05, 3.63) is 54.4 Å². The zero-order valence-electron chi connectivity index (χ0n) is 18.5. The summed E-state index contributed by atoms with van der Waals surface area (Å²) in [6, 6.07) is 12.5. The van der Waals surface area contributed by atoms with E-state index in [-0.39, 0.29) is 17.9 Å². The molecule has 1 saturated carbocycles. The summed E-state index contributed by atoms with van der Waals surface area (Å²) in [6.45, 7) is 4.46. The first-order chi connectivity index (χ1) is 15.2. The van der Waals surface area contributed by atoms with Crippen molar-refractivity contribution in [2.45, 2.75) is 38.1 Å². The summed E-state index contributed by atoms with van der Waals surface area (Å²) in [6.07, 6.45) is 9.43. The summed E-state index contributed by atoms with van der Waals surface area (Å²) in [5.41, 5.74) is 2.40. The van der Waals surface area contributed by atoms with Crippen molar-refractivity contribution in [3.8, 4) is 5.75 Å².